The molecule has 0 radical (unpaired) electrons. The number of hydrogen-bond donors (Lipinski definition) is 1. The van der Waals surface area contributed by atoms with Gasteiger partial charge in [0.15, 0.2) is 0 Å². The van der Waals surface area contributed by atoms with Crippen LogP contribution in [0.15, 0.2) is 18.3 Å². The van der Waals surface area contributed by atoms with Crippen LogP contribution in [0.2, 0.25) is 0 Å². The fraction of sp³-hybridized carbons (Fsp3) is 0.643. The minimum atomic E-state index is 0.734. The van der Waals surface area contributed by atoms with Crippen molar-refractivity contribution in [2.24, 2.45) is 0 Å². The maximum absolute atomic E-state index is 4.55. The van der Waals surface area contributed by atoms with Gasteiger partial charge in [-0.2, -0.15) is 11.8 Å². The van der Waals surface area contributed by atoms with Gasteiger partial charge < -0.3 is 5.32 Å². The maximum Gasteiger partial charge on any atom is 0.0544 e. The van der Waals surface area contributed by atoms with Gasteiger partial charge in [-0.3, -0.25) is 9.88 Å². The first-order valence-corrected chi connectivity index (χ1v) is 7.87. The highest BCUT2D eigenvalue weighted by molar-refractivity contribution is 7.99. The first-order chi connectivity index (χ1) is 8.79. The van der Waals surface area contributed by atoms with E-state index in [1.807, 2.05) is 6.20 Å². The summed E-state index contributed by atoms with van der Waals surface area (Å²) in [5.74, 6) is 2.58. The Morgan fingerprint density at radius 3 is 3.00 bits per heavy atom. The minimum Gasteiger partial charge on any atom is -0.313 e. The first-order valence-electron chi connectivity index (χ1n) is 6.72. The monoisotopic (exact) mass is 265 g/mol. The van der Waals surface area contributed by atoms with Gasteiger partial charge in [-0.1, -0.05) is 13.0 Å². The van der Waals surface area contributed by atoms with Crippen molar-refractivity contribution < 1.29 is 0 Å². The van der Waals surface area contributed by atoms with Crippen LogP contribution in [0, 0.1) is 0 Å². The zero-order chi connectivity index (χ0) is 12.8. The molecule has 1 aromatic heterocycles. The Balaban J connectivity index is 1.85. The Bertz CT molecular complexity index is 347. The summed E-state index contributed by atoms with van der Waals surface area (Å²) < 4.78 is 0. The Kier molecular flexibility index (Phi) is 5.47. The molecule has 1 atom stereocenters. The largest absolute Gasteiger partial charge is 0.313 e. The molecule has 1 N–H and O–H groups in total. The SMILES string of the molecule is CCNCc1ccc(CN(C)C2CCSC2)nc1. The molecule has 1 fully saturated rings. The van der Waals surface area contributed by atoms with Crippen molar-refractivity contribution in [1.29, 1.82) is 0 Å². The van der Waals surface area contributed by atoms with Crippen LogP contribution in [-0.2, 0) is 13.1 Å². The number of rotatable bonds is 6. The zero-order valence-electron chi connectivity index (χ0n) is 11.4. The minimum absolute atomic E-state index is 0.734. The third kappa shape index (κ3) is 3.97. The molecular weight excluding hydrogens is 242 g/mol. The van der Waals surface area contributed by atoms with E-state index >= 15 is 0 Å². The van der Waals surface area contributed by atoms with Gasteiger partial charge in [0.1, 0.15) is 0 Å². The van der Waals surface area contributed by atoms with Gasteiger partial charge in [-0.25, -0.2) is 0 Å². The fourth-order valence-corrected chi connectivity index (χ4v) is 3.48. The third-order valence-corrected chi connectivity index (χ3v) is 4.55. The van der Waals surface area contributed by atoms with Crippen molar-refractivity contribution in [3.8, 4) is 0 Å². The maximum atomic E-state index is 4.55. The average molecular weight is 265 g/mol. The van der Waals surface area contributed by atoms with E-state index in [-0.39, 0.29) is 0 Å². The van der Waals surface area contributed by atoms with Crippen molar-refractivity contribution >= 4 is 11.8 Å². The Morgan fingerprint density at radius 2 is 2.39 bits per heavy atom. The van der Waals surface area contributed by atoms with E-state index in [0.717, 1.165) is 25.7 Å². The second-order valence-electron chi connectivity index (χ2n) is 4.87. The van der Waals surface area contributed by atoms with Crippen molar-refractivity contribution in [3.05, 3.63) is 29.6 Å². The smallest absolute Gasteiger partial charge is 0.0544 e. The zero-order valence-corrected chi connectivity index (χ0v) is 12.2. The highest BCUT2D eigenvalue weighted by Gasteiger charge is 2.20. The van der Waals surface area contributed by atoms with Crippen LogP contribution in [0.25, 0.3) is 0 Å². The number of thioether (sulfide) groups is 1. The molecule has 2 heterocycles. The molecule has 1 saturated heterocycles. The summed E-state index contributed by atoms with van der Waals surface area (Å²) in [5.41, 5.74) is 2.44. The molecule has 1 aromatic rings. The number of aromatic nitrogens is 1. The molecule has 2 rings (SSSR count). The van der Waals surface area contributed by atoms with E-state index in [2.05, 4.69) is 53.1 Å². The van der Waals surface area contributed by atoms with E-state index in [1.165, 1.54) is 29.2 Å². The predicted molar refractivity (Wildman–Crippen MR) is 78.8 cm³/mol. The summed E-state index contributed by atoms with van der Waals surface area (Å²) in [6.07, 6.45) is 3.31. The summed E-state index contributed by atoms with van der Waals surface area (Å²) in [5, 5.41) is 3.32. The summed E-state index contributed by atoms with van der Waals surface area (Å²) in [6.45, 7) is 5.01. The van der Waals surface area contributed by atoms with Crippen LogP contribution in [-0.4, -0.2) is 41.0 Å². The van der Waals surface area contributed by atoms with Crippen LogP contribution in [0.5, 0.6) is 0 Å². The van der Waals surface area contributed by atoms with E-state index in [4.69, 9.17) is 0 Å². The van der Waals surface area contributed by atoms with Crippen molar-refractivity contribution in [1.82, 2.24) is 15.2 Å². The van der Waals surface area contributed by atoms with Crippen LogP contribution >= 0.6 is 11.8 Å². The molecule has 4 heteroatoms. The Labute approximate surface area is 114 Å². The number of nitrogens with one attached hydrogen (secondary N) is 1. The summed E-state index contributed by atoms with van der Waals surface area (Å²) in [7, 11) is 2.21. The molecule has 3 nitrogen and oxygen atoms in total. The van der Waals surface area contributed by atoms with Gasteiger partial charge in [-0.05, 0) is 37.4 Å². The predicted octanol–water partition coefficient (Wildman–Crippen LogP) is 2.13. The molecule has 0 bridgehead atoms. The quantitative estimate of drug-likeness (QED) is 0.853. The van der Waals surface area contributed by atoms with Gasteiger partial charge in [0.2, 0.25) is 0 Å². The number of hydrogen-bond acceptors (Lipinski definition) is 4. The third-order valence-electron chi connectivity index (χ3n) is 3.41. The van der Waals surface area contributed by atoms with Crippen molar-refractivity contribution in [2.45, 2.75) is 32.5 Å². The van der Waals surface area contributed by atoms with E-state index in [0.29, 0.717) is 0 Å². The standard InChI is InChI=1S/C14H23N3S/c1-3-15-8-12-4-5-13(16-9-12)10-17(2)14-6-7-18-11-14/h4-5,9,14-15H,3,6-8,10-11H2,1-2H3. The van der Waals surface area contributed by atoms with Gasteiger partial charge >= 0.3 is 0 Å². The summed E-state index contributed by atoms with van der Waals surface area (Å²) >= 11 is 2.06. The van der Waals surface area contributed by atoms with E-state index in [9.17, 15) is 0 Å². The molecule has 0 saturated carbocycles. The molecule has 18 heavy (non-hydrogen) atoms. The number of nitrogens with zero attached hydrogens (tertiary/aromatic N) is 2. The van der Waals surface area contributed by atoms with Crippen molar-refractivity contribution in [2.75, 3.05) is 25.1 Å². The van der Waals surface area contributed by atoms with Crippen LogP contribution in [0.4, 0.5) is 0 Å². The average Bonchev–Trinajstić information content (AvgIpc) is 2.92. The van der Waals surface area contributed by atoms with Crippen LogP contribution in [0.3, 0.4) is 0 Å². The highest BCUT2D eigenvalue weighted by atomic mass is 32.2. The summed E-state index contributed by atoms with van der Waals surface area (Å²) in [6, 6.07) is 5.08. The lowest BCUT2D eigenvalue weighted by molar-refractivity contribution is 0.251. The molecule has 100 valence electrons. The molecular formula is C14H23N3S. The second kappa shape index (κ2) is 7.12. The van der Waals surface area contributed by atoms with Crippen molar-refractivity contribution in [3.63, 3.8) is 0 Å². The lowest BCUT2D eigenvalue weighted by Gasteiger charge is -2.22. The topological polar surface area (TPSA) is 28.2 Å². The molecule has 0 aromatic carbocycles. The lowest BCUT2D eigenvalue weighted by Crippen LogP contribution is -2.31. The lowest BCUT2D eigenvalue weighted by atomic mass is 10.2. The highest BCUT2D eigenvalue weighted by Crippen LogP contribution is 2.22. The Hall–Kier alpha value is -0.580. The van der Waals surface area contributed by atoms with Gasteiger partial charge in [0.05, 0.1) is 5.69 Å². The molecule has 1 unspecified atom stereocenters. The first kappa shape index (κ1) is 13.8. The van der Waals surface area contributed by atoms with Gasteiger partial charge in [0, 0.05) is 31.1 Å². The molecule has 0 amide bonds. The van der Waals surface area contributed by atoms with E-state index in [1.54, 1.807) is 0 Å². The van der Waals surface area contributed by atoms with E-state index < -0.39 is 0 Å². The summed E-state index contributed by atoms with van der Waals surface area (Å²) in [4.78, 5) is 6.99. The van der Waals surface area contributed by atoms with Gasteiger partial charge in [0.25, 0.3) is 0 Å². The molecule has 1 aliphatic rings. The fourth-order valence-electron chi connectivity index (χ4n) is 2.18. The van der Waals surface area contributed by atoms with Crippen LogP contribution < -0.4 is 5.32 Å². The molecule has 1 aliphatic heterocycles. The molecule has 0 aliphatic carbocycles. The second-order valence-corrected chi connectivity index (χ2v) is 6.02. The normalized spacial score (nSPS) is 19.6. The molecule has 0 spiro atoms. The number of pyridine rings is 1. The van der Waals surface area contributed by atoms with Gasteiger partial charge in [-0.15, -0.1) is 0 Å². The Morgan fingerprint density at radius 1 is 1.50 bits per heavy atom. The van der Waals surface area contributed by atoms with Crippen LogP contribution in [0.1, 0.15) is 24.6 Å².